The Balaban J connectivity index is 2.26. The molecule has 0 saturated heterocycles. The van der Waals surface area contributed by atoms with Crippen molar-refractivity contribution in [3.8, 4) is 0 Å². The lowest BCUT2D eigenvalue weighted by Crippen LogP contribution is -2.32. The molecule has 0 bridgehead atoms. The van der Waals surface area contributed by atoms with Crippen molar-refractivity contribution in [1.82, 2.24) is 5.32 Å². The summed E-state index contributed by atoms with van der Waals surface area (Å²) in [7, 11) is 0. The Bertz CT molecular complexity index is 224. The first-order valence-corrected chi connectivity index (χ1v) is 9.06. The number of hydrogen-bond acceptors (Lipinski definition) is 1. The van der Waals surface area contributed by atoms with Gasteiger partial charge in [0.1, 0.15) is 0 Å². The lowest BCUT2D eigenvalue weighted by Gasteiger charge is -2.18. The minimum absolute atomic E-state index is 0.143. The van der Waals surface area contributed by atoms with Crippen molar-refractivity contribution in [3.63, 3.8) is 0 Å². The topological polar surface area (TPSA) is 29.1 Å². The van der Waals surface area contributed by atoms with Gasteiger partial charge >= 0.3 is 0 Å². The summed E-state index contributed by atoms with van der Waals surface area (Å²) in [6, 6.07) is 0.431. The molecule has 1 fully saturated rings. The average molecular weight is 281 g/mol. The van der Waals surface area contributed by atoms with Gasteiger partial charge in [0.25, 0.3) is 0 Å². The van der Waals surface area contributed by atoms with Gasteiger partial charge in [0, 0.05) is 13.0 Å². The first kappa shape index (κ1) is 17.5. The highest BCUT2D eigenvalue weighted by atomic mass is 16.1. The van der Waals surface area contributed by atoms with Gasteiger partial charge in [-0.2, -0.15) is 0 Å². The Kier molecular flexibility index (Phi) is 10.7. The van der Waals surface area contributed by atoms with Crippen LogP contribution in [0.5, 0.6) is 0 Å². The van der Waals surface area contributed by atoms with Gasteiger partial charge in [-0.3, -0.25) is 4.79 Å². The van der Waals surface area contributed by atoms with E-state index in [1.807, 2.05) is 0 Å². The fourth-order valence-electron chi connectivity index (χ4n) is 3.30. The zero-order valence-corrected chi connectivity index (χ0v) is 13.6. The quantitative estimate of drug-likeness (QED) is 0.689. The highest BCUT2D eigenvalue weighted by Crippen LogP contribution is 2.17. The van der Waals surface area contributed by atoms with Crippen LogP contribution < -0.4 is 5.32 Å². The molecule has 118 valence electrons. The summed E-state index contributed by atoms with van der Waals surface area (Å²) in [6.45, 7) is 1.65. The molecule has 0 heterocycles. The third-order valence-corrected chi connectivity index (χ3v) is 4.51. The number of nitrogens with one attached hydrogen (secondary N) is 1. The van der Waals surface area contributed by atoms with Crippen LogP contribution >= 0.6 is 0 Å². The molecule has 1 saturated carbocycles. The Morgan fingerprint density at radius 2 is 0.950 bits per heavy atom. The molecule has 1 aliphatic rings. The summed E-state index contributed by atoms with van der Waals surface area (Å²) in [5.41, 5.74) is 0. The van der Waals surface area contributed by atoms with Crippen LogP contribution in [0.15, 0.2) is 0 Å². The van der Waals surface area contributed by atoms with E-state index < -0.39 is 0 Å². The van der Waals surface area contributed by atoms with E-state index in [9.17, 15) is 4.79 Å². The van der Waals surface area contributed by atoms with E-state index in [4.69, 9.17) is 0 Å². The highest BCUT2D eigenvalue weighted by molar-refractivity contribution is 5.73. The van der Waals surface area contributed by atoms with Crippen LogP contribution in [0.3, 0.4) is 0 Å². The molecule has 2 heteroatoms. The van der Waals surface area contributed by atoms with E-state index in [-0.39, 0.29) is 5.91 Å². The number of amides is 1. The fraction of sp³-hybridized carbons (Fsp3) is 0.944. The maximum Gasteiger partial charge on any atom is 0.217 e. The first-order chi connectivity index (χ1) is 9.79. The molecule has 1 N–H and O–H groups in total. The molecule has 2 nitrogen and oxygen atoms in total. The number of carbonyl (C=O) groups excluding carboxylic acids is 1. The smallest absolute Gasteiger partial charge is 0.217 e. The molecular weight excluding hydrogens is 246 g/mol. The zero-order chi connectivity index (χ0) is 14.5. The second-order valence-electron chi connectivity index (χ2n) is 6.57. The van der Waals surface area contributed by atoms with Crippen LogP contribution in [0.1, 0.15) is 103 Å². The Morgan fingerprint density at radius 3 is 1.25 bits per heavy atom. The van der Waals surface area contributed by atoms with Gasteiger partial charge in [-0.1, -0.05) is 83.5 Å². The zero-order valence-electron chi connectivity index (χ0n) is 13.6. The number of rotatable bonds is 1. The predicted octanol–water partition coefficient (Wildman–Crippen LogP) is 5.36. The highest BCUT2D eigenvalue weighted by Gasteiger charge is 2.09. The second kappa shape index (κ2) is 12.2. The van der Waals surface area contributed by atoms with Crippen LogP contribution in [0.2, 0.25) is 0 Å². The Hall–Kier alpha value is -0.530. The molecular formula is C18H35NO. The molecule has 0 atom stereocenters. The van der Waals surface area contributed by atoms with Gasteiger partial charge in [-0.25, -0.2) is 0 Å². The Labute approximate surface area is 126 Å². The van der Waals surface area contributed by atoms with Crippen LogP contribution in [0, 0.1) is 0 Å². The van der Waals surface area contributed by atoms with E-state index in [0.717, 1.165) is 0 Å². The maximum absolute atomic E-state index is 11.3. The molecule has 0 unspecified atom stereocenters. The summed E-state index contributed by atoms with van der Waals surface area (Å²) in [5.74, 6) is 0.143. The van der Waals surface area contributed by atoms with E-state index in [1.54, 1.807) is 6.92 Å². The van der Waals surface area contributed by atoms with E-state index in [1.165, 1.54) is 96.3 Å². The van der Waals surface area contributed by atoms with E-state index in [0.29, 0.717) is 6.04 Å². The van der Waals surface area contributed by atoms with Crippen LogP contribution in [-0.4, -0.2) is 11.9 Å². The summed E-state index contributed by atoms with van der Waals surface area (Å²) >= 11 is 0. The van der Waals surface area contributed by atoms with Crippen molar-refractivity contribution in [2.45, 2.75) is 109 Å². The van der Waals surface area contributed by atoms with Gasteiger partial charge in [0.05, 0.1) is 0 Å². The summed E-state index contributed by atoms with van der Waals surface area (Å²) in [5, 5.41) is 3.15. The van der Waals surface area contributed by atoms with Gasteiger partial charge in [-0.05, 0) is 12.8 Å². The van der Waals surface area contributed by atoms with Gasteiger partial charge in [0.2, 0.25) is 5.91 Å². The number of carbonyl (C=O) groups is 1. The molecule has 0 aromatic rings. The van der Waals surface area contributed by atoms with Crippen molar-refractivity contribution < 1.29 is 4.79 Å². The molecule has 0 aromatic carbocycles. The van der Waals surface area contributed by atoms with Crippen LogP contribution in [0.25, 0.3) is 0 Å². The van der Waals surface area contributed by atoms with E-state index >= 15 is 0 Å². The summed E-state index contributed by atoms with van der Waals surface area (Å²) < 4.78 is 0. The van der Waals surface area contributed by atoms with E-state index in [2.05, 4.69) is 5.32 Å². The maximum atomic E-state index is 11.3. The van der Waals surface area contributed by atoms with Crippen molar-refractivity contribution >= 4 is 5.91 Å². The fourth-order valence-corrected chi connectivity index (χ4v) is 3.30. The van der Waals surface area contributed by atoms with Crippen molar-refractivity contribution in [2.75, 3.05) is 0 Å². The predicted molar refractivity (Wildman–Crippen MR) is 86.9 cm³/mol. The molecule has 0 spiro atoms. The lowest BCUT2D eigenvalue weighted by atomic mass is 9.98. The third-order valence-electron chi connectivity index (χ3n) is 4.51. The van der Waals surface area contributed by atoms with Gasteiger partial charge in [-0.15, -0.1) is 0 Å². The third kappa shape index (κ3) is 10.3. The molecule has 1 rings (SSSR count). The largest absolute Gasteiger partial charge is 0.354 e. The minimum Gasteiger partial charge on any atom is -0.354 e. The average Bonchev–Trinajstić information content (AvgIpc) is 2.40. The monoisotopic (exact) mass is 281 g/mol. The van der Waals surface area contributed by atoms with Gasteiger partial charge < -0.3 is 5.32 Å². The minimum atomic E-state index is 0.143. The van der Waals surface area contributed by atoms with Crippen LogP contribution in [0.4, 0.5) is 0 Å². The normalized spacial score (nSPS) is 22.2. The molecule has 0 aromatic heterocycles. The van der Waals surface area contributed by atoms with Crippen molar-refractivity contribution in [2.24, 2.45) is 0 Å². The van der Waals surface area contributed by atoms with Crippen LogP contribution in [-0.2, 0) is 4.79 Å². The standard InChI is InChI=1S/C18H35NO/c1-17(20)19-18-15-13-11-9-7-5-3-2-4-6-8-10-12-14-16-18/h18H,2-16H2,1H3,(H,19,20). The van der Waals surface area contributed by atoms with Gasteiger partial charge in [0.15, 0.2) is 0 Å². The summed E-state index contributed by atoms with van der Waals surface area (Å²) in [4.78, 5) is 11.3. The van der Waals surface area contributed by atoms with Crippen molar-refractivity contribution in [3.05, 3.63) is 0 Å². The number of hydrogen-bond donors (Lipinski definition) is 1. The summed E-state index contributed by atoms with van der Waals surface area (Å²) in [6.07, 6.45) is 20.4. The lowest BCUT2D eigenvalue weighted by molar-refractivity contribution is -0.119. The second-order valence-corrected chi connectivity index (χ2v) is 6.57. The first-order valence-electron chi connectivity index (χ1n) is 9.06. The molecule has 1 aliphatic carbocycles. The SMILES string of the molecule is CC(=O)NC1CCCCCCCCCCCCCCC1. The molecule has 1 amide bonds. The molecule has 20 heavy (non-hydrogen) atoms. The van der Waals surface area contributed by atoms with Crippen molar-refractivity contribution in [1.29, 1.82) is 0 Å². The Morgan fingerprint density at radius 1 is 0.650 bits per heavy atom. The molecule has 0 aliphatic heterocycles. The molecule has 0 radical (unpaired) electrons.